The van der Waals surface area contributed by atoms with E-state index in [2.05, 4.69) is 5.10 Å². The second-order valence-electron chi connectivity index (χ2n) is 4.80. The van der Waals surface area contributed by atoms with Gasteiger partial charge in [0.2, 0.25) is 0 Å². The quantitative estimate of drug-likeness (QED) is 0.757. The number of para-hydroxylation sites is 1. The number of rotatable bonds is 3. The number of halogens is 1. The van der Waals surface area contributed by atoms with Crippen LogP contribution < -0.4 is 5.73 Å². The molecule has 0 radical (unpaired) electrons. The minimum atomic E-state index is -1.39. The molecule has 108 valence electrons. The van der Waals surface area contributed by atoms with Gasteiger partial charge in [0, 0.05) is 23.0 Å². The van der Waals surface area contributed by atoms with E-state index in [0.717, 1.165) is 16.6 Å². The van der Waals surface area contributed by atoms with Crippen LogP contribution in [0.3, 0.4) is 0 Å². The lowest BCUT2D eigenvalue weighted by molar-refractivity contribution is 0.623. The van der Waals surface area contributed by atoms with Gasteiger partial charge in [0.15, 0.2) is 0 Å². The third-order valence-electron chi connectivity index (χ3n) is 3.26. The Kier molecular flexibility index (Phi) is 3.47. The molecule has 3 aromatic rings. The molecule has 0 aliphatic rings. The molecule has 1 unspecified atom stereocenters. The van der Waals surface area contributed by atoms with Crippen molar-refractivity contribution >= 4 is 27.4 Å². The number of nitrogens with zero attached hydrogens (tertiary/aromatic N) is 2. The Bertz CT molecular complexity index is 824. The molecule has 0 saturated heterocycles. The van der Waals surface area contributed by atoms with E-state index >= 15 is 0 Å². The second kappa shape index (κ2) is 5.29. The summed E-state index contributed by atoms with van der Waals surface area (Å²) < 4.78 is 27.5. The second-order valence-corrected chi connectivity index (χ2v) is 6.25. The Labute approximate surface area is 123 Å². The normalized spacial score (nSPS) is 12.7. The molecule has 2 aromatic carbocycles. The largest absolute Gasteiger partial charge is 0.399 e. The minimum Gasteiger partial charge on any atom is -0.399 e. The SMILES string of the molecule is Cn1nc(CS(=O)c2cc(N)cc(F)c2)c2ccccc21. The van der Waals surface area contributed by atoms with Crippen LogP contribution in [0, 0.1) is 5.82 Å². The van der Waals surface area contributed by atoms with Crippen LogP contribution in [0.2, 0.25) is 0 Å². The Morgan fingerprint density at radius 3 is 2.81 bits per heavy atom. The van der Waals surface area contributed by atoms with Crippen LogP contribution in [0.4, 0.5) is 10.1 Å². The number of hydrogen-bond donors (Lipinski definition) is 1. The first kappa shape index (κ1) is 13.8. The molecule has 0 aliphatic carbocycles. The van der Waals surface area contributed by atoms with Crippen molar-refractivity contribution in [2.75, 3.05) is 5.73 Å². The fourth-order valence-corrected chi connectivity index (χ4v) is 3.46. The molecule has 0 amide bonds. The first-order valence-corrected chi connectivity index (χ1v) is 7.71. The number of nitrogens with two attached hydrogens (primary N) is 1. The molecule has 1 aromatic heterocycles. The van der Waals surface area contributed by atoms with Gasteiger partial charge in [-0.3, -0.25) is 8.89 Å². The zero-order valence-electron chi connectivity index (χ0n) is 11.4. The van der Waals surface area contributed by atoms with Crippen LogP contribution >= 0.6 is 0 Å². The van der Waals surface area contributed by atoms with E-state index in [4.69, 9.17) is 5.73 Å². The summed E-state index contributed by atoms with van der Waals surface area (Å²) in [6, 6.07) is 11.7. The number of nitrogen functional groups attached to an aromatic ring is 1. The topological polar surface area (TPSA) is 60.9 Å². The fraction of sp³-hybridized carbons (Fsp3) is 0.133. The highest BCUT2D eigenvalue weighted by molar-refractivity contribution is 7.84. The average molecular weight is 303 g/mol. The maximum atomic E-state index is 13.4. The summed E-state index contributed by atoms with van der Waals surface area (Å²) >= 11 is 0. The molecule has 6 heteroatoms. The van der Waals surface area contributed by atoms with E-state index in [0.29, 0.717) is 4.90 Å². The van der Waals surface area contributed by atoms with Gasteiger partial charge >= 0.3 is 0 Å². The predicted molar refractivity (Wildman–Crippen MR) is 81.6 cm³/mol. The van der Waals surface area contributed by atoms with E-state index in [1.807, 2.05) is 31.3 Å². The minimum absolute atomic E-state index is 0.226. The van der Waals surface area contributed by atoms with Gasteiger partial charge in [-0.1, -0.05) is 18.2 Å². The Morgan fingerprint density at radius 1 is 1.29 bits per heavy atom. The molecule has 0 aliphatic heterocycles. The standard InChI is InChI=1S/C15H14FN3OS/c1-19-15-5-3-2-4-13(15)14(18-19)9-21(20)12-7-10(16)6-11(17)8-12/h2-8H,9,17H2,1H3. The number of anilines is 1. The van der Waals surface area contributed by atoms with Gasteiger partial charge in [-0.15, -0.1) is 0 Å². The Morgan fingerprint density at radius 2 is 2.05 bits per heavy atom. The fourth-order valence-electron chi connectivity index (χ4n) is 2.32. The zero-order valence-corrected chi connectivity index (χ0v) is 12.2. The average Bonchev–Trinajstić information content (AvgIpc) is 2.75. The van der Waals surface area contributed by atoms with Crippen LogP contribution in [0.25, 0.3) is 10.9 Å². The van der Waals surface area contributed by atoms with Crippen LogP contribution in [0.5, 0.6) is 0 Å². The van der Waals surface area contributed by atoms with Crippen molar-refractivity contribution < 1.29 is 8.60 Å². The van der Waals surface area contributed by atoms with E-state index in [1.165, 1.54) is 18.2 Å². The highest BCUT2D eigenvalue weighted by atomic mass is 32.2. The molecule has 4 nitrogen and oxygen atoms in total. The first-order valence-electron chi connectivity index (χ1n) is 6.39. The van der Waals surface area contributed by atoms with Crippen molar-refractivity contribution in [3.05, 3.63) is 54.0 Å². The summed E-state index contributed by atoms with van der Waals surface area (Å²) in [6.45, 7) is 0. The third kappa shape index (κ3) is 2.67. The van der Waals surface area contributed by atoms with Crippen LogP contribution in [0.1, 0.15) is 5.69 Å². The summed E-state index contributed by atoms with van der Waals surface area (Å²) in [5, 5.41) is 5.35. The Balaban J connectivity index is 1.96. The van der Waals surface area contributed by atoms with Gasteiger partial charge in [0.25, 0.3) is 0 Å². The summed E-state index contributed by atoms with van der Waals surface area (Å²) in [7, 11) is 0.449. The lowest BCUT2D eigenvalue weighted by Gasteiger charge is -2.03. The number of aromatic nitrogens is 2. The van der Waals surface area contributed by atoms with Gasteiger partial charge < -0.3 is 5.73 Å². The summed E-state index contributed by atoms with van der Waals surface area (Å²) in [4.78, 5) is 0.377. The van der Waals surface area contributed by atoms with Crippen molar-refractivity contribution in [2.24, 2.45) is 7.05 Å². The van der Waals surface area contributed by atoms with Crippen molar-refractivity contribution in [3.63, 3.8) is 0 Å². The van der Waals surface area contributed by atoms with Gasteiger partial charge in [-0.05, 0) is 24.3 Å². The Hall–Kier alpha value is -2.21. The number of hydrogen-bond acceptors (Lipinski definition) is 3. The van der Waals surface area contributed by atoms with E-state index in [-0.39, 0.29) is 11.4 Å². The maximum Gasteiger partial charge on any atom is 0.126 e. The van der Waals surface area contributed by atoms with Gasteiger partial charge in [-0.2, -0.15) is 5.10 Å². The summed E-state index contributed by atoms with van der Waals surface area (Å²) in [5.41, 5.74) is 7.56. The highest BCUT2D eigenvalue weighted by Gasteiger charge is 2.13. The predicted octanol–water partition coefficient (Wildman–Crippen LogP) is 2.60. The molecule has 0 spiro atoms. The zero-order chi connectivity index (χ0) is 15.0. The van der Waals surface area contributed by atoms with Gasteiger partial charge in [0.05, 0.1) is 27.8 Å². The smallest absolute Gasteiger partial charge is 0.126 e. The first-order chi connectivity index (χ1) is 10.0. The number of fused-ring (bicyclic) bond motifs is 1. The molecular formula is C15H14FN3OS. The molecule has 3 rings (SSSR count). The van der Waals surface area contributed by atoms with Crippen molar-refractivity contribution in [1.82, 2.24) is 9.78 Å². The van der Waals surface area contributed by atoms with Gasteiger partial charge in [-0.25, -0.2) is 4.39 Å². The van der Waals surface area contributed by atoms with Crippen LogP contribution in [-0.4, -0.2) is 14.0 Å². The number of benzene rings is 2. The van der Waals surface area contributed by atoms with E-state index in [1.54, 1.807) is 4.68 Å². The molecule has 0 bridgehead atoms. The van der Waals surface area contributed by atoms with E-state index < -0.39 is 16.6 Å². The molecule has 0 saturated carbocycles. The molecule has 0 fully saturated rings. The van der Waals surface area contributed by atoms with Crippen molar-refractivity contribution in [1.29, 1.82) is 0 Å². The molecular weight excluding hydrogens is 289 g/mol. The van der Waals surface area contributed by atoms with Gasteiger partial charge in [0.1, 0.15) is 5.82 Å². The molecule has 21 heavy (non-hydrogen) atoms. The summed E-state index contributed by atoms with van der Waals surface area (Å²) in [5.74, 6) is -0.256. The lowest BCUT2D eigenvalue weighted by atomic mass is 10.2. The lowest BCUT2D eigenvalue weighted by Crippen LogP contribution is -2.00. The molecule has 2 N–H and O–H groups in total. The third-order valence-corrected chi connectivity index (χ3v) is 4.56. The van der Waals surface area contributed by atoms with E-state index in [9.17, 15) is 8.60 Å². The molecule has 1 atom stereocenters. The number of aryl methyl sites for hydroxylation is 1. The maximum absolute atomic E-state index is 13.4. The van der Waals surface area contributed by atoms with Crippen LogP contribution in [0.15, 0.2) is 47.4 Å². The molecule has 1 heterocycles. The van der Waals surface area contributed by atoms with Crippen molar-refractivity contribution in [3.8, 4) is 0 Å². The highest BCUT2D eigenvalue weighted by Crippen LogP contribution is 2.22. The summed E-state index contributed by atoms with van der Waals surface area (Å²) in [6.07, 6.45) is 0. The van der Waals surface area contributed by atoms with Crippen molar-refractivity contribution in [2.45, 2.75) is 10.6 Å². The van der Waals surface area contributed by atoms with Crippen LogP contribution in [-0.2, 0) is 23.6 Å². The monoisotopic (exact) mass is 303 g/mol.